The van der Waals surface area contributed by atoms with Crippen molar-refractivity contribution in [3.8, 4) is 11.5 Å². The fourth-order valence-electron chi connectivity index (χ4n) is 3.26. The molecule has 0 saturated carbocycles. The predicted molar refractivity (Wildman–Crippen MR) is 75.5 cm³/mol. The van der Waals surface area contributed by atoms with Gasteiger partial charge >= 0.3 is 5.97 Å². The molecule has 0 radical (unpaired) electrons. The molecule has 0 aromatic heterocycles. The second kappa shape index (κ2) is 5.56. The first-order chi connectivity index (χ1) is 10.0. The highest BCUT2D eigenvalue weighted by Crippen LogP contribution is 2.34. The Kier molecular flexibility index (Phi) is 3.76. The number of cyclic esters (lactones) is 1. The Morgan fingerprint density at radius 1 is 1.24 bits per heavy atom. The van der Waals surface area contributed by atoms with Crippen LogP contribution in [0.3, 0.4) is 0 Å². The second-order valence-corrected chi connectivity index (χ2v) is 5.97. The number of esters is 1. The van der Waals surface area contributed by atoms with Gasteiger partial charge in [-0.15, -0.1) is 0 Å². The van der Waals surface area contributed by atoms with E-state index in [2.05, 4.69) is 6.92 Å². The SMILES string of the molecule is CC1CCCC(CC2Cc3cc(O)cc(O)c3C(=O)O2)O1. The van der Waals surface area contributed by atoms with Crippen molar-refractivity contribution in [1.82, 2.24) is 0 Å². The third-order valence-electron chi connectivity index (χ3n) is 4.20. The number of benzene rings is 1. The summed E-state index contributed by atoms with van der Waals surface area (Å²) in [6.07, 6.45) is 4.44. The number of carbonyl (C=O) groups excluding carboxylic acids is 1. The number of rotatable bonds is 2. The number of phenolic OH excluding ortho intramolecular Hbond substituents is 2. The standard InChI is InChI=1S/C16H20O5/c1-9-3-2-4-12(20-9)8-13-6-10-5-11(17)7-14(18)15(10)16(19)21-13/h5,7,9,12-13,17-18H,2-4,6,8H2,1H3. The number of hydrogen-bond donors (Lipinski definition) is 2. The van der Waals surface area contributed by atoms with Gasteiger partial charge in [0.25, 0.3) is 0 Å². The lowest BCUT2D eigenvalue weighted by molar-refractivity contribution is -0.0647. The second-order valence-electron chi connectivity index (χ2n) is 5.97. The van der Waals surface area contributed by atoms with Crippen LogP contribution in [0.4, 0.5) is 0 Å². The summed E-state index contributed by atoms with van der Waals surface area (Å²) in [6.45, 7) is 2.06. The fourth-order valence-corrected chi connectivity index (χ4v) is 3.26. The topological polar surface area (TPSA) is 76.0 Å². The minimum Gasteiger partial charge on any atom is -0.508 e. The Morgan fingerprint density at radius 3 is 2.81 bits per heavy atom. The number of fused-ring (bicyclic) bond motifs is 1. The predicted octanol–water partition coefficient (Wildman–Crippen LogP) is 2.53. The number of aromatic hydroxyl groups is 2. The summed E-state index contributed by atoms with van der Waals surface area (Å²) in [5.74, 6) is -0.791. The van der Waals surface area contributed by atoms with Crippen LogP contribution in [0.2, 0.25) is 0 Å². The van der Waals surface area contributed by atoms with Gasteiger partial charge in [0.2, 0.25) is 0 Å². The van der Waals surface area contributed by atoms with Crippen LogP contribution in [0.25, 0.3) is 0 Å². The van der Waals surface area contributed by atoms with Gasteiger partial charge in [0.1, 0.15) is 23.2 Å². The van der Waals surface area contributed by atoms with Crippen molar-refractivity contribution >= 4 is 5.97 Å². The fraction of sp³-hybridized carbons (Fsp3) is 0.562. The molecular weight excluding hydrogens is 272 g/mol. The molecule has 2 aliphatic heterocycles. The van der Waals surface area contributed by atoms with E-state index in [1.807, 2.05) is 0 Å². The zero-order chi connectivity index (χ0) is 15.0. The molecule has 114 valence electrons. The van der Waals surface area contributed by atoms with Crippen molar-refractivity contribution in [3.05, 3.63) is 23.3 Å². The smallest absolute Gasteiger partial charge is 0.342 e. The quantitative estimate of drug-likeness (QED) is 0.819. The van der Waals surface area contributed by atoms with Gasteiger partial charge in [-0.3, -0.25) is 0 Å². The molecule has 0 spiro atoms. The molecule has 1 aromatic rings. The zero-order valence-corrected chi connectivity index (χ0v) is 12.0. The Morgan fingerprint density at radius 2 is 2.05 bits per heavy atom. The van der Waals surface area contributed by atoms with E-state index in [0.717, 1.165) is 25.3 Å². The van der Waals surface area contributed by atoms with Crippen LogP contribution >= 0.6 is 0 Å². The molecular formula is C16H20O5. The van der Waals surface area contributed by atoms with Crippen molar-refractivity contribution in [3.63, 3.8) is 0 Å². The van der Waals surface area contributed by atoms with Gasteiger partial charge < -0.3 is 19.7 Å². The average molecular weight is 292 g/mol. The van der Waals surface area contributed by atoms with Crippen molar-refractivity contribution in [1.29, 1.82) is 0 Å². The first kappa shape index (κ1) is 14.2. The Hall–Kier alpha value is -1.75. The van der Waals surface area contributed by atoms with E-state index < -0.39 is 5.97 Å². The molecule has 3 rings (SSSR count). The summed E-state index contributed by atoms with van der Waals surface area (Å²) in [5, 5.41) is 19.3. The maximum atomic E-state index is 12.0. The minimum absolute atomic E-state index is 0.0396. The number of ether oxygens (including phenoxy) is 2. The highest BCUT2D eigenvalue weighted by molar-refractivity contribution is 5.95. The summed E-state index contributed by atoms with van der Waals surface area (Å²) in [4.78, 5) is 12.0. The van der Waals surface area contributed by atoms with E-state index in [4.69, 9.17) is 9.47 Å². The van der Waals surface area contributed by atoms with E-state index in [1.165, 1.54) is 6.07 Å². The highest BCUT2D eigenvalue weighted by atomic mass is 16.5. The average Bonchev–Trinajstić information content (AvgIpc) is 2.37. The first-order valence-electron chi connectivity index (χ1n) is 7.44. The lowest BCUT2D eigenvalue weighted by atomic mass is 9.92. The van der Waals surface area contributed by atoms with Crippen LogP contribution in [-0.4, -0.2) is 34.5 Å². The summed E-state index contributed by atoms with van der Waals surface area (Å²) in [5.41, 5.74) is 0.805. The normalized spacial score (nSPS) is 28.8. The van der Waals surface area contributed by atoms with Crippen LogP contribution in [-0.2, 0) is 15.9 Å². The Bertz CT molecular complexity index is 554. The summed E-state index contributed by atoms with van der Waals surface area (Å²) in [7, 11) is 0. The molecule has 1 saturated heterocycles. The largest absolute Gasteiger partial charge is 0.508 e. The van der Waals surface area contributed by atoms with E-state index in [9.17, 15) is 15.0 Å². The van der Waals surface area contributed by atoms with Crippen molar-refractivity contribution in [2.45, 2.75) is 57.3 Å². The molecule has 0 bridgehead atoms. The molecule has 2 aliphatic rings. The molecule has 2 N–H and O–H groups in total. The number of hydrogen-bond acceptors (Lipinski definition) is 5. The summed E-state index contributed by atoms with van der Waals surface area (Å²) < 4.78 is 11.3. The maximum Gasteiger partial charge on any atom is 0.342 e. The van der Waals surface area contributed by atoms with Crippen LogP contribution in [0.5, 0.6) is 11.5 Å². The van der Waals surface area contributed by atoms with Crippen LogP contribution in [0, 0.1) is 0 Å². The number of phenols is 2. The van der Waals surface area contributed by atoms with Crippen LogP contribution in [0.1, 0.15) is 48.5 Å². The van der Waals surface area contributed by atoms with E-state index >= 15 is 0 Å². The van der Waals surface area contributed by atoms with Gasteiger partial charge in [-0.1, -0.05) is 0 Å². The molecule has 3 unspecified atom stereocenters. The zero-order valence-electron chi connectivity index (χ0n) is 12.0. The lowest BCUT2D eigenvalue weighted by Gasteiger charge is -2.32. The molecule has 1 aromatic carbocycles. The molecule has 3 atom stereocenters. The summed E-state index contributed by atoms with van der Waals surface area (Å²) >= 11 is 0. The van der Waals surface area contributed by atoms with Gasteiger partial charge in [-0.2, -0.15) is 0 Å². The van der Waals surface area contributed by atoms with E-state index in [1.54, 1.807) is 0 Å². The summed E-state index contributed by atoms with van der Waals surface area (Å²) in [6, 6.07) is 2.68. The van der Waals surface area contributed by atoms with Crippen LogP contribution in [0.15, 0.2) is 12.1 Å². The molecule has 5 heteroatoms. The molecule has 0 aliphatic carbocycles. The van der Waals surface area contributed by atoms with Gasteiger partial charge in [0.15, 0.2) is 0 Å². The first-order valence-corrected chi connectivity index (χ1v) is 7.44. The molecule has 1 fully saturated rings. The number of carbonyl (C=O) groups is 1. The maximum absolute atomic E-state index is 12.0. The Balaban J connectivity index is 1.74. The molecule has 21 heavy (non-hydrogen) atoms. The molecule has 5 nitrogen and oxygen atoms in total. The minimum atomic E-state index is -0.525. The van der Waals surface area contributed by atoms with E-state index in [-0.39, 0.29) is 35.4 Å². The Labute approximate surface area is 123 Å². The van der Waals surface area contributed by atoms with Gasteiger partial charge in [-0.05, 0) is 37.8 Å². The van der Waals surface area contributed by atoms with Crippen molar-refractivity contribution in [2.24, 2.45) is 0 Å². The van der Waals surface area contributed by atoms with Crippen molar-refractivity contribution < 1.29 is 24.5 Å². The van der Waals surface area contributed by atoms with Gasteiger partial charge in [0, 0.05) is 18.9 Å². The van der Waals surface area contributed by atoms with Gasteiger partial charge in [0.05, 0.1) is 12.2 Å². The third-order valence-corrected chi connectivity index (χ3v) is 4.20. The van der Waals surface area contributed by atoms with Crippen molar-refractivity contribution in [2.75, 3.05) is 0 Å². The lowest BCUT2D eigenvalue weighted by Crippen LogP contribution is -2.34. The third kappa shape index (κ3) is 2.97. The molecule has 0 amide bonds. The van der Waals surface area contributed by atoms with Crippen LogP contribution < -0.4 is 0 Å². The highest BCUT2D eigenvalue weighted by Gasteiger charge is 2.32. The van der Waals surface area contributed by atoms with E-state index in [0.29, 0.717) is 18.4 Å². The molecule has 2 heterocycles. The van der Waals surface area contributed by atoms with Gasteiger partial charge in [-0.25, -0.2) is 4.79 Å². The monoisotopic (exact) mass is 292 g/mol.